The topological polar surface area (TPSA) is 52.8 Å². The zero-order valence-corrected chi connectivity index (χ0v) is 17.3. The molecule has 0 aliphatic rings. The molecule has 0 unspecified atom stereocenters. The molecule has 0 amide bonds. The molecule has 2 aromatic heterocycles. The van der Waals surface area contributed by atoms with Crippen molar-refractivity contribution in [3.8, 4) is 11.4 Å². The van der Waals surface area contributed by atoms with Crippen LogP contribution in [-0.4, -0.2) is 19.7 Å². The summed E-state index contributed by atoms with van der Waals surface area (Å²) in [5.74, 6) is 2.45. The summed E-state index contributed by atoms with van der Waals surface area (Å²) in [7, 11) is 0. The van der Waals surface area contributed by atoms with Gasteiger partial charge in [-0.25, -0.2) is 0 Å². The maximum Gasteiger partial charge on any atom is 0.196 e. The van der Waals surface area contributed by atoms with E-state index in [-0.39, 0.29) is 0 Å². The monoisotopic (exact) mass is 402 g/mol. The highest BCUT2D eigenvalue weighted by molar-refractivity contribution is 7.98. The average Bonchev–Trinajstić information content (AvgIpc) is 3.16. The maximum absolute atomic E-state index is 6.15. The Bertz CT molecular complexity index is 1060. The first-order valence-electron chi connectivity index (χ1n) is 9.43. The summed E-state index contributed by atoms with van der Waals surface area (Å²) in [4.78, 5) is 4.19. The van der Waals surface area contributed by atoms with Gasteiger partial charge in [0.15, 0.2) is 11.0 Å². The highest BCUT2D eigenvalue weighted by Crippen LogP contribution is 2.27. The van der Waals surface area contributed by atoms with Crippen LogP contribution in [0.2, 0.25) is 0 Å². The Kier molecular flexibility index (Phi) is 5.91. The molecule has 4 rings (SSSR count). The van der Waals surface area contributed by atoms with Gasteiger partial charge in [0.2, 0.25) is 0 Å². The molecule has 0 spiro atoms. The lowest BCUT2D eigenvalue weighted by atomic mass is 10.1. The van der Waals surface area contributed by atoms with Crippen molar-refractivity contribution >= 4 is 11.8 Å². The smallest absolute Gasteiger partial charge is 0.196 e. The first-order chi connectivity index (χ1) is 14.2. The fourth-order valence-corrected chi connectivity index (χ4v) is 4.02. The molecule has 0 radical (unpaired) electrons. The molecule has 0 aliphatic heterocycles. The van der Waals surface area contributed by atoms with E-state index in [2.05, 4.69) is 63.9 Å². The average molecular weight is 403 g/mol. The molecule has 146 valence electrons. The summed E-state index contributed by atoms with van der Waals surface area (Å²) in [5.41, 5.74) is 4.39. The number of aryl methyl sites for hydroxylation is 2. The lowest BCUT2D eigenvalue weighted by Crippen LogP contribution is -2.07. The SMILES string of the molecule is Cc1cccc(C)c1OCc1nnc(SCc2cccnc2)n1-c1ccccc1. The number of hydrogen-bond acceptors (Lipinski definition) is 5. The number of nitrogens with zero attached hydrogens (tertiary/aromatic N) is 4. The molecular weight excluding hydrogens is 380 g/mol. The fraction of sp³-hybridized carbons (Fsp3) is 0.174. The van der Waals surface area contributed by atoms with E-state index < -0.39 is 0 Å². The quantitative estimate of drug-likeness (QED) is 0.400. The number of pyridine rings is 1. The summed E-state index contributed by atoms with van der Waals surface area (Å²) < 4.78 is 8.21. The van der Waals surface area contributed by atoms with E-state index in [1.54, 1.807) is 18.0 Å². The van der Waals surface area contributed by atoms with Crippen LogP contribution in [-0.2, 0) is 12.4 Å². The second-order valence-electron chi connectivity index (χ2n) is 6.73. The molecule has 5 nitrogen and oxygen atoms in total. The zero-order chi connectivity index (χ0) is 20.1. The molecule has 0 atom stereocenters. The van der Waals surface area contributed by atoms with E-state index >= 15 is 0 Å². The predicted molar refractivity (Wildman–Crippen MR) is 115 cm³/mol. The third-order valence-corrected chi connectivity index (χ3v) is 5.56. The minimum Gasteiger partial charge on any atom is -0.485 e. The lowest BCUT2D eigenvalue weighted by molar-refractivity contribution is 0.289. The first kappa shape index (κ1) is 19.2. The van der Waals surface area contributed by atoms with Crippen LogP contribution in [0.5, 0.6) is 5.75 Å². The highest BCUT2D eigenvalue weighted by Gasteiger charge is 2.16. The van der Waals surface area contributed by atoms with Gasteiger partial charge in [-0.1, -0.05) is 54.2 Å². The van der Waals surface area contributed by atoms with Gasteiger partial charge >= 0.3 is 0 Å². The van der Waals surface area contributed by atoms with Crippen LogP contribution in [0.15, 0.2) is 78.2 Å². The van der Waals surface area contributed by atoms with Gasteiger partial charge in [-0.05, 0) is 48.7 Å². The van der Waals surface area contributed by atoms with E-state index in [1.807, 2.05) is 36.5 Å². The third-order valence-electron chi connectivity index (χ3n) is 4.56. The molecule has 29 heavy (non-hydrogen) atoms. The van der Waals surface area contributed by atoms with E-state index in [0.717, 1.165) is 44.9 Å². The van der Waals surface area contributed by atoms with Crippen LogP contribution in [0.4, 0.5) is 0 Å². The zero-order valence-electron chi connectivity index (χ0n) is 16.4. The molecule has 6 heteroatoms. The van der Waals surface area contributed by atoms with Crippen molar-refractivity contribution in [1.29, 1.82) is 0 Å². The van der Waals surface area contributed by atoms with Crippen LogP contribution >= 0.6 is 11.8 Å². The van der Waals surface area contributed by atoms with Crippen molar-refractivity contribution in [2.24, 2.45) is 0 Å². The number of hydrogen-bond donors (Lipinski definition) is 0. The lowest BCUT2D eigenvalue weighted by Gasteiger charge is -2.13. The summed E-state index contributed by atoms with van der Waals surface area (Å²) in [6, 6.07) is 20.3. The number of ether oxygens (including phenoxy) is 1. The number of benzene rings is 2. The van der Waals surface area contributed by atoms with Crippen LogP contribution in [0.25, 0.3) is 5.69 Å². The molecule has 2 aromatic carbocycles. The molecule has 2 heterocycles. The summed E-state index contributed by atoms with van der Waals surface area (Å²) >= 11 is 1.64. The van der Waals surface area contributed by atoms with Crippen molar-refractivity contribution in [2.45, 2.75) is 31.4 Å². The Balaban J connectivity index is 1.61. The summed E-state index contributed by atoms with van der Waals surface area (Å²) in [6.07, 6.45) is 3.66. The van der Waals surface area contributed by atoms with Gasteiger partial charge in [0.05, 0.1) is 0 Å². The molecule has 4 aromatic rings. The molecule has 0 saturated heterocycles. The minimum atomic E-state index is 0.348. The first-order valence-corrected chi connectivity index (χ1v) is 10.4. The van der Waals surface area contributed by atoms with E-state index in [1.165, 1.54) is 0 Å². The molecule has 0 saturated carbocycles. The third kappa shape index (κ3) is 4.49. The number of aromatic nitrogens is 4. The Morgan fingerprint density at radius 3 is 2.41 bits per heavy atom. The second-order valence-corrected chi connectivity index (χ2v) is 7.67. The fourth-order valence-electron chi connectivity index (χ4n) is 3.12. The largest absolute Gasteiger partial charge is 0.485 e. The Hall–Kier alpha value is -3.12. The molecule has 0 aliphatic carbocycles. The predicted octanol–water partition coefficient (Wildman–Crippen LogP) is 5.15. The molecule has 0 bridgehead atoms. The van der Waals surface area contributed by atoms with Crippen LogP contribution in [0.3, 0.4) is 0 Å². The van der Waals surface area contributed by atoms with Crippen molar-refractivity contribution in [1.82, 2.24) is 19.7 Å². The van der Waals surface area contributed by atoms with Crippen molar-refractivity contribution in [3.05, 3.63) is 95.6 Å². The van der Waals surface area contributed by atoms with Crippen LogP contribution in [0, 0.1) is 13.8 Å². The summed E-state index contributed by atoms with van der Waals surface area (Å²) in [5, 5.41) is 9.70. The van der Waals surface area contributed by atoms with Crippen LogP contribution in [0.1, 0.15) is 22.5 Å². The Morgan fingerprint density at radius 1 is 0.897 bits per heavy atom. The molecular formula is C23H22N4OS. The number of para-hydroxylation sites is 2. The van der Waals surface area contributed by atoms with Crippen molar-refractivity contribution in [2.75, 3.05) is 0 Å². The van der Waals surface area contributed by atoms with Crippen LogP contribution < -0.4 is 4.74 Å². The van der Waals surface area contributed by atoms with E-state index in [9.17, 15) is 0 Å². The minimum absolute atomic E-state index is 0.348. The highest BCUT2D eigenvalue weighted by atomic mass is 32.2. The standard InChI is InChI=1S/C23H22N4OS/c1-17-8-6-9-18(2)22(17)28-15-21-25-26-23(27(21)20-11-4-3-5-12-20)29-16-19-10-7-13-24-14-19/h3-14H,15-16H2,1-2H3. The van der Waals surface area contributed by atoms with Crippen molar-refractivity contribution < 1.29 is 4.74 Å². The van der Waals surface area contributed by atoms with Gasteiger partial charge in [0.25, 0.3) is 0 Å². The van der Waals surface area contributed by atoms with Gasteiger partial charge in [-0.15, -0.1) is 10.2 Å². The normalized spacial score (nSPS) is 10.8. The number of thioether (sulfide) groups is 1. The van der Waals surface area contributed by atoms with Gasteiger partial charge in [-0.3, -0.25) is 9.55 Å². The Morgan fingerprint density at radius 2 is 1.69 bits per heavy atom. The van der Waals surface area contributed by atoms with Crippen molar-refractivity contribution in [3.63, 3.8) is 0 Å². The maximum atomic E-state index is 6.15. The van der Waals surface area contributed by atoms with E-state index in [4.69, 9.17) is 4.74 Å². The molecule has 0 fully saturated rings. The number of rotatable bonds is 7. The molecule has 0 N–H and O–H groups in total. The summed E-state index contributed by atoms with van der Waals surface area (Å²) in [6.45, 7) is 4.46. The Labute approximate surface area is 174 Å². The van der Waals surface area contributed by atoms with E-state index in [0.29, 0.717) is 6.61 Å². The van der Waals surface area contributed by atoms with Gasteiger partial charge in [0.1, 0.15) is 12.4 Å². The van der Waals surface area contributed by atoms with Gasteiger partial charge in [-0.2, -0.15) is 0 Å². The second kappa shape index (κ2) is 8.92. The van der Waals surface area contributed by atoms with Gasteiger partial charge in [0, 0.05) is 23.8 Å². The van der Waals surface area contributed by atoms with Gasteiger partial charge < -0.3 is 4.74 Å².